The van der Waals surface area contributed by atoms with Gasteiger partial charge in [-0.2, -0.15) is 0 Å². The summed E-state index contributed by atoms with van der Waals surface area (Å²) in [6.07, 6.45) is 2.88. The van der Waals surface area contributed by atoms with Crippen molar-refractivity contribution in [2.75, 3.05) is 44.9 Å². The first-order chi connectivity index (χ1) is 14.3. The lowest BCUT2D eigenvalue weighted by Gasteiger charge is -2.29. The number of rotatable bonds is 4. The van der Waals surface area contributed by atoms with Gasteiger partial charge in [-0.15, -0.1) is 0 Å². The molecule has 0 saturated carbocycles. The Kier molecular flexibility index (Phi) is 5.01. The minimum atomic E-state index is 0.157. The maximum atomic E-state index is 5.54. The Morgan fingerprint density at radius 2 is 2.07 bits per heavy atom. The number of aromatic nitrogens is 2. The van der Waals surface area contributed by atoms with Crippen molar-refractivity contribution in [2.45, 2.75) is 12.5 Å². The van der Waals surface area contributed by atoms with Crippen LogP contribution in [0.15, 0.2) is 42.6 Å². The highest BCUT2D eigenvalue weighted by Crippen LogP contribution is 2.35. The molecule has 0 spiro atoms. The van der Waals surface area contributed by atoms with Crippen LogP contribution in [-0.4, -0.2) is 49.9 Å². The highest BCUT2D eigenvalue weighted by molar-refractivity contribution is 5.97. The fourth-order valence-electron chi connectivity index (χ4n) is 4.09. The Morgan fingerprint density at radius 3 is 2.86 bits per heavy atom. The molecule has 1 atom stereocenters. The smallest absolute Gasteiger partial charge is 0.130 e. The minimum Gasteiger partial charge on any atom is -0.497 e. The lowest BCUT2D eigenvalue weighted by molar-refractivity contribution is 0.122. The standard InChI is InChI=1S/C22H25N5O2/c1-28-16-4-2-3-15(13-16)18-14-20(27-9-11-29-12-10-27)25-21-17(18)5-7-23-22(21)19-6-8-24-26-19/h2-5,7,13-14,19,24,26H,6,8-12H2,1H3. The number of hydrogen-bond acceptors (Lipinski definition) is 7. The Balaban J connectivity index is 1.72. The number of ether oxygens (including phenoxy) is 2. The predicted octanol–water partition coefficient (Wildman–Crippen LogP) is 2.68. The molecule has 150 valence electrons. The second-order valence-corrected chi connectivity index (χ2v) is 7.36. The number of nitrogens with one attached hydrogen (secondary N) is 2. The fourth-order valence-corrected chi connectivity index (χ4v) is 4.09. The van der Waals surface area contributed by atoms with Crippen LogP contribution < -0.4 is 20.5 Å². The van der Waals surface area contributed by atoms with E-state index < -0.39 is 0 Å². The highest BCUT2D eigenvalue weighted by atomic mass is 16.5. The molecule has 0 radical (unpaired) electrons. The summed E-state index contributed by atoms with van der Waals surface area (Å²) < 4.78 is 11.0. The van der Waals surface area contributed by atoms with Crippen molar-refractivity contribution in [1.82, 2.24) is 20.8 Å². The van der Waals surface area contributed by atoms with Gasteiger partial charge in [0.05, 0.1) is 37.6 Å². The summed E-state index contributed by atoms with van der Waals surface area (Å²) in [4.78, 5) is 12.1. The van der Waals surface area contributed by atoms with Gasteiger partial charge < -0.3 is 14.4 Å². The van der Waals surface area contributed by atoms with Gasteiger partial charge in [0.2, 0.25) is 0 Å². The average molecular weight is 391 g/mol. The molecule has 29 heavy (non-hydrogen) atoms. The number of anilines is 1. The molecule has 7 nitrogen and oxygen atoms in total. The molecular weight excluding hydrogens is 366 g/mol. The first kappa shape index (κ1) is 18.3. The number of fused-ring (bicyclic) bond motifs is 1. The Hall–Kier alpha value is -2.74. The minimum absolute atomic E-state index is 0.157. The number of hydrazine groups is 1. The molecule has 3 aromatic rings. The van der Waals surface area contributed by atoms with Crippen molar-refractivity contribution in [3.8, 4) is 16.9 Å². The SMILES string of the molecule is COc1cccc(-c2cc(N3CCOCC3)nc3c(C4CCNN4)nccc23)c1. The van der Waals surface area contributed by atoms with Gasteiger partial charge in [0.1, 0.15) is 11.6 Å². The van der Waals surface area contributed by atoms with E-state index in [1.54, 1.807) is 7.11 Å². The van der Waals surface area contributed by atoms with E-state index in [1.807, 2.05) is 18.3 Å². The molecule has 0 amide bonds. The van der Waals surface area contributed by atoms with Crippen molar-refractivity contribution in [2.24, 2.45) is 0 Å². The summed E-state index contributed by atoms with van der Waals surface area (Å²) in [7, 11) is 1.70. The van der Waals surface area contributed by atoms with Crippen LogP contribution >= 0.6 is 0 Å². The zero-order valence-electron chi connectivity index (χ0n) is 16.5. The van der Waals surface area contributed by atoms with Gasteiger partial charge in [0.15, 0.2) is 0 Å². The van der Waals surface area contributed by atoms with Crippen LogP contribution in [0.1, 0.15) is 18.2 Å². The number of hydrogen-bond donors (Lipinski definition) is 2. The van der Waals surface area contributed by atoms with Crippen molar-refractivity contribution in [3.05, 3.63) is 48.3 Å². The molecule has 0 bridgehead atoms. The molecule has 2 aliphatic heterocycles. The van der Waals surface area contributed by atoms with Crippen molar-refractivity contribution in [1.29, 1.82) is 0 Å². The molecule has 0 aliphatic carbocycles. The summed E-state index contributed by atoms with van der Waals surface area (Å²) in [5, 5.41) is 1.11. The van der Waals surface area contributed by atoms with Crippen molar-refractivity contribution < 1.29 is 9.47 Å². The second-order valence-electron chi connectivity index (χ2n) is 7.36. The van der Waals surface area contributed by atoms with Crippen LogP contribution in [0.5, 0.6) is 5.75 Å². The van der Waals surface area contributed by atoms with Crippen LogP contribution in [-0.2, 0) is 4.74 Å². The topological polar surface area (TPSA) is 71.5 Å². The second kappa shape index (κ2) is 7.94. The number of nitrogens with zero attached hydrogens (tertiary/aromatic N) is 3. The third-order valence-electron chi connectivity index (χ3n) is 5.62. The Bertz CT molecular complexity index is 1010. The maximum absolute atomic E-state index is 5.54. The number of morpholine rings is 1. The van der Waals surface area contributed by atoms with E-state index in [2.05, 4.69) is 40.0 Å². The Labute approximate surface area is 170 Å². The fraction of sp³-hybridized carbons (Fsp3) is 0.364. The number of pyridine rings is 2. The van der Waals surface area contributed by atoms with Crippen LogP contribution in [0.2, 0.25) is 0 Å². The van der Waals surface area contributed by atoms with Gasteiger partial charge in [-0.05, 0) is 41.8 Å². The normalized spacial score (nSPS) is 19.6. The third-order valence-corrected chi connectivity index (χ3v) is 5.62. The summed E-state index contributed by atoms with van der Waals surface area (Å²) in [5.41, 5.74) is 10.8. The van der Waals surface area contributed by atoms with E-state index in [-0.39, 0.29) is 6.04 Å². The van der Waals surface area contributed by atoms with E-state index in [0.717, 1.165) is 78.6 Å². The maximum Gasteiger partial charge on any atom is 0.130 e. The van der Waals surface area contributed by atoms with E-state index in [0.29, 0.717) is 0 Å². The van der Waals surface area contributed by atoms with Crippen LogP contribution in [0, 0.1) is 0 Å². The molecule has 2 fully saturated rings. The Morgan fingerprint density at radius 1 is 1.17 bits per heavy atom. The van der Waals surface area contributed by atoms with Crippen LogP contribution in [0.25, 0.3) is 22.0 Å². The highest BCUT2D eigenvalue weighted by Gasteiger charge is 2.23. The quantitative estimate of drug-likeness (QED) is 0.708. The monoisotopic (exact) mass is 391 g/mol. The van der Waals surface area contributed by atoms with Crippen LogP contribution in [0.4, 0.5) is 5.82 Å². The summed E-state index contributed by atoms with van der Waals surface area (Å²) in [6.45, 7) is 4.06. The zero-order chi connectivity index (χ0) is 19.6. The lowest BCUT2D eigenvalue weighted by Crippen LogP contribution is -2.36. The molecule has 7 heteroatoms. The molecule has 2 saturated heterocycles. The van der Waals surface area contributed by atoms with Crippen LogP contribution in [0.3, 0.4) is 0 Å². The van der Waals surface area contributed by atoms with Gasteiger partial charge in [-0.3, -0.25) is 10.4 Å². The molecule has 2 aromatic heterocycles. The molecule has 2 aliphatic rings. The molecule has 1 unspecified atom stereocenters. The van der Waals surface area contributed by atoms with E-state index in [9.17, 15) is 0 Å². The van der Waals surface area contributed by atoms with Crippen molar-refractivity contribution in [3.63, 3.8) is 0 Å². The predicted molar refractivity (Wildman–Crippen MR) is 113 cm³/mol. The summed E-state index contributed by atoms with van der Waals surface area (Å²) in [5.74, 6) is 1.81. The van der Waals surface area contributed by atoms with E-state index in [1.165, 1.54) is 0 Å². The summed E-state index contributed by atoms with van der Waals surface area (Å²) in [6, 6.07) is 12.6. The largest absolute Gasteiger partial charge is 0.497 e. The first-order valence-electron chi connectivity index (χ1n) is 10.1. The van der Waals surface area contributed by atoms with Gasteiger partial charge in [0, 0.05) is 31.2 Å². The zero-order valence-corrected chi connectivity index (χ0v) is 16.5. The number of benzene rings is 1. The summed E-state index contributed by atoms with van der Waals surface area (Å²) >= 11 is 0. The number of methoxy groups -OCH3 is 1. The molecular formula is C22H25N5O2. The van der Waals surface area contributed by atoms with Gasteiger partial charge in [-0.25, -0.2) is 10.4 Å². The molecule has 1 aromatic carbocycles. The third kappa shape index (κ3) is 3.53. The van der Waals surface area contributed by atoms with E-state index >= 15 is 0 Å². The van der Waals surface area contributed by atoms with Gasteiger partial charge >= 0.3 is 0 Å². The van der Waals surface area contributed by atoms with Gasteiger partial charge in [-0.1, -0.05) is 12.1 Å². The van der Waals surface area contributed by atoms with E-state index in [4.69, 9.17) is 19.4 Å². The average Bonchev–Trinajstić information content (AvgIpc) is 3.33. The van der Waals surface area contributed by atoms with Crippen molar-refractivity contribution >= 4 is 16.7 Å². The molecule has 5 rings (SSSR count). The lowest BCUT2D eigenvalue weighted by atomic mass is 9.98. The molecule has 4 heterocycles. The molecule has 2 N–H and O–H groups in total. The first-order valence-corrected chi connectivity index (χ1v) is 10.1. The van der Waals surface area contributed by atoms with Gasteiger partial charge in [0.25, 0.3) is 0 Å².